The van der Waals surface area contributed by atoms with Gasteiger partial charge in [-0.2, -0.15) is 0 Å². The summed E-state index contributed by atoms with van der Waals surface area (Å²) in [5, 5.41) is 3.12. The van der Waals surface area contributed by atoms with Gasteiger partial charge in [0.25, 0.3) is 0 Å². The largest absolute Gasteiger partial charge is 0.497 e. The summed E-state index contributed by atoms with van der Waals surface area (Å²) in [6.45, 7) is 4.82. The lowest BCUT2D eigenvalue weighted by atomic mass is 10.1. The predicted octanol–water partition coefficient (Wildman–Crippen LogP) is 3.90. The summed E-state index contributed by atoms with van der Waals surface area (Å²) in [5.41, 5.74) is 10.6. The van der Waals surface area contributed by atoms with Gasteiger partial charge in [-0.25, -0.2) is 0 Å². The topological polar surface area (TPSA) is 59.6 Å². The molecule has 2 aromatic carbocycles. The van der Waals surface area contributed by atoms with Gasteiger partial charge in [-0.3, -0.25) is 4.99 Å². The number of nitrogens with one attached hydrogen (secondary N) is 1. The van der Waals surface area contributed by atoms with Crippen molar-refractivity contribution in [3.8, 4) is 5.75 Å². The van der Waals surface area contributed by atoms with Crippen LogP contribution in [0.15, 0.2) is 47.5 Å². The number of hydrogen-bond donors (Lipinski definition) is 2. The zero-order valence-electron chi connectivity index (χ0n) is 13.8. The summed E-state index contributed by atoms with van der Waals surface area (Å²) in [5.74, 6) is 1.31. The van der Waals surface area contributed by atoms with Crippen molar-refractivity contribution in [2.45, 2.75) is 20.3 Å². The third-order valence-electron chi connectivity index (χ3n) is 3.62. The summed E-state index contributed by atoms with van der Waals surface area (Å²) in [7, 11) is 1.67. The van der Waals surface area contributed by atoms with Crippen LogP contribution in [-0.4, -0.2) is 19.6 Å². The van der Waals surface area contributed by atoms with Gasteiger partial charge in [-0.15, -0.1) is 24.0 Å². The summed E-state index contributed by atoms with van der Waals surface area (Å²) in [6, 6.07) is 14.1. The van der Waals surface area contributed by atoms with E-state index < -0.39 is 0 Å². The maximum Gasteiger partial charge on any atom is 0.193 e. The lowest BCUT2D eigenvalue weighted by Gasteiger charge is -2.08. The number of rotatable bonds is 5. The van der Waals surface area contributed by atoms with E-state index in [0.29, 0.717) is 12.5 Å². The van der Waals surface area contributed by atoms with E-state index in [1.54, 1.807) is 7.11 Å². The molecule has 0 saturated carbocycles. The van der Waals surface area contributed by atoms with Gasteiger partial charge in [0.15, 0.2) is 5.96 Å². The van der Waals surface area contributed by atoms with E-state index >= 15 is 0 Å². The van der Waals surface area contributed by atoms with Gasteiger partial charge < -0.3 is 15.8 Å². The molecule has 0 aliphatic rings. The fourth-order valence-corrected chi connectivity index (χ4v) is 2.10. The number of methoxy groups -OCH3 is 1. The van der Waals surface area contributed by atoms with Crippen LogP contribution in [0, 0.1) is 13.8 Å². The van der Waals surface area contributed by atoms with Crippen molar-refractivity contribution >= 4 is 35.6 Å². The highest BCUT2D eigenvalue weighted by atomic mass is 127. The Labute approximate surface area is 155 Å². The molecule has 0 unspecified atom stereocenters. The third-order valence-corrected chi connectivity index (χ3v) is 3.62. The van der Waals surface area contributed by atoms with Crippen LogP contribution in [0.4, 0.5) is 5.69 Å². The lowest BCUT2D eigenvalue weighted by molar-refractivity contribution is 0.414. The Morgan fingerprint density at radius 2 is 1.78 bits per heavy atom. The second kappa shape index (κ2) is 9.39. The molecule has 0 bridgehead atoms. The van der Waals surface area contributed by atoms with Crippen LogP contribution in [0.25, 0.3) is 0 Å². The number of halogens is 1. The first-order valence-corrected chi connectivity index (χ1v) is 7.35. The van der Waals surface area contributed by atoms with Crippen molar-refractivity contribution in [2.24, 2.45) is 10.7 Å². The molecular formula is C18H24IN3O. The van der Waals surface area contributed by atoms with Gasteiger partial charge in [0.2, 0.25) is 0 Å². The van der Waals surface area contributed by atoms with Crippen LogP contribution in [0.1, 0.15) is 16.7 Å². The molecule has 23 heavy (non-hydrogen) atoms. The standard InChI is InChI=1S/C18H23N3O.HI/c1-13-4-7-16(12-14(13)2)21-18(19)20-11-10-15-5-8-17(22-3)9-6-15;/h4-9,12H,10-11H2,1-3H3,(H3,19,20,21);1H. The fraction of sp³-hybridized carbons (Fsp3) is 0.278. The van der Waals surface area contributed by atoms with Gasteiger partial charge in [0, 0.05) is 12.2 Å². The molecule has 0 heterocycles. The van der Waals surface area contributed by atoms with Crippen LogP contribution < -0.4 is 15.8 Å². The molecule has 0 saturated heterocycles. The first-order chi connectivity index (χ1) is 10.6. The van der Waals surface area contributed by atoms with Crippen molar-refractivity contribution in [3.05, 3.63) is 59.2 Å². The summed E-state index contributed by atoms with van der Waals surface area (Å²) in [6.07, 6.45) is 0.847. The van der Waals surface area contributed by atoms with Crippen LogP contribution in [0.3, 0.4) is 0 Å². The van der Waals surface area contributed by atoms with Crippen LogP contribution in [0.5, 0.6) is 5.75 Å². The third kappa shape index (κ3) is 6.09. The molecule has 0 radical (unpaired) electrons. The number of guanidine groups is 1. The highest BCUT2D eigenvalue weighted by Crippen LogP contribution is 2.14. The van der Waals surface area contributed by atoms with Crippen molar-refractivity contribution in [1.29, 1.82) is 0 Å². The summed E-state index contributed by atoms with van der Waals surface area (Å²) >= 11 is 0. The van der Waals surface area contributed by atoms with Crippen molar-refractivity contribution < 1.29 is 4.74 Å². The van der Waals surface area contributed by atoms with Crippen molar-refractivity contribution in [2.75, 3.05) is 19.0 Å². The number of aliphatic imine (C=N–C) groups is 1. The fourth-order valence-electron chi connectivity index (χ4n) is 2.10. The van der Waals surface area contributed by atoms with Gasteiger partial charge in [0.1, 0.15) is 5.75 Å². The number of ether oxygens (including phenoxy) is 1. The van der Waals surface area contributed by atoms with Crippen LogP contribution in [0.2, 0.25) is 0 Å². The predicted molar refractivity (Wildman–Crippen MR) is 108 cm³/mol. The average Bonchev–Trinajstić information content (AvgIpc) is 2.51. The highest BCUT2D eigenvalue weighted by Gasteiger charge is 1.98. The molecule has 0 aliphatic heterocycles. The lowest BCUT2D eigenvalue weighted by Crippen LogP contribution is -2.23. The minimum atomic E-state index is 0. The summed E-state index contributed by atoms with van der Waals surface area (Å²) in [4.78, 5) is 4.36. The number of aryl methyl sites for hydroxylation is 2. The van der Waals surface area contributed by atoms with Crippen molar-refractivity contribution in [1.82, 2.24) is 0 Å². The number of benzene rings is 2. The van der Waals surface area contributed by atoms with E-state index in [4.69, 9.17) is 10.5 Å². The van der Waals surface area contributed by atoms with E-state index in [0.717, 1.165) is 17.9 Å². The highest BCUT2D eigenvalue weighted by molar-refractivity contribution is 14.0. The van der Waals surface area contributed by atoms with E-state index in [2.05, 4.69) is 36.3 Å². The molecule has 0 fully saturated rings. The second-order valence-electron chi connectivity index (χ2n) is 5.29. The minimum Gasteiger partial charge on any atom is -0.497 e. The molecule has 0 atom stereocenters. The Morgan fingerprint density at radius 3 is 2.39 bits per heavy atom. The summed E-state index contributed by atoms with van der Waals surface area (Å²) < 4.78 is 5.14. The number of nitrogens with zero attached hydrogens (tertiary/aromatic N) is 1. The Hall–Kier alpha value is -1.76. The monoisotopic (exact) mass is 425 g/mol. The first kappa shape index (κ1) is 19.3. The molecule has 3 N–H and O–H groups in total. The maximum atomic E-state index is 5.92. The molecular weight excluding hydrogens is 401 g/mol. The van der Waals surface area contributed by atoms with Crippen molar-refractivity contribution in [3.63, 3.8) is 0 Å². The zero-order chi connectivity index (χ0) is 15.9. The van der Waals surface area contributed by atoms with E-state index in [-0.39, 0.29) is 24.0 Å². The average molecular weight is 425 g/mol. The van der Waals surface area contributed by atoms with Gasteiger partial charge in [0.05, 0.1) is 7.11 Å². The molecule has 2 aromatic rings. The Balaban J connectivity index is 0.00000264. The minimum absolute atomic E-state index is 0. The van der Waals surface area contributed by atoms with Gasteiger partial charge in [-0.05, 0) is 61.2 Å². The Kier molecular flexibility index (Phi) is 7.88. The van der Waals surface area contributed by atoms with Crippen LogP contribution in [-0.2, 0) is 6.42 Å². The first-order valence-electron chi connectivity index (χ1n) is 7.35. The Bertz CT molecular complexity index is 654. The van der Waals surface area contributed by atoms with E-state index in [1.807, 2.05) is 30.3 Å². The van der Waals surface area contributed by atoms with E-state index in [1.165, 1.54) is 16.7 Å². The molecule has 5 heteroatoms. The normalized spacial score (nSPS) is 10.8. The number of nitrogens with two attached hydrogens (primary N) is 1. The van der Waals surface area contributed by atoms with E-state index in [9.17, 15) is 0 Å². The number of hydrogen-bond acceptors (Lipinski definition) is 2. The smallest absolute Gasteiger partial charge is 0.193 e. The van der Waals surface area contributed by atoms with Gasteiger partial charge in [-0.1, -0.05) is 18.2 Å². The molecule has 4 nitrogen and oxygen atoms in total. The molecule has 0 aliphatic carbocycles. The second-order valence-corrected chi connectivity index (χ2v) is 5.29. The van der Waals surface area contributed by atoms with Gasteiger partial charge >= 0.3 is 0 Å². The zero-order valence-corrected chi connectivity index (χ0v) is 16.1. The number of anilines is 1. The molecule has 0 amide bonds. The molecule has 124 valence electrons. The molecule has 0 spiro atoms. The molecule has 0 aromatic heterocycles. The maximum absolute atomic E-state index is 5.92. The SMILES string of the molecule is COc1ccc(CCN=C(N)Nc2ccc(C)c(C)c2)cc1.I. The van der Waals surface area contributed by atoms with Crippen LogP contribution >= 0.6 is 24.0 Å². The quantitative estimate of drug-likeness (QED) is 0.434. The Morgan fingerprint density at radius 1 is 1.09 bits per heavy atom. The molecule has 2 rings (SSSR count).